The third kappa shape index (κ3) is 3.70. The molecular formula is C16H16N6O7. The Morgan fingerprint density at radius 2 is 1.90 bits per heavy atom. The van der Waals surface area contributed by atoms with Crippen LogP contribution in [-0.4, -0.2) is 52.6 Å². The molecule has 0 radical (unpaired) electrons. The molecule has 0 aliphatic heterocycles. The highest BCUT2D eigenvalue weighted by Crippen LogP contribution is 2.41. The Morgan fingerprint density at radius 3 is 2.52 bits per heavy atom. The maximum absolute atomic E-state index is 11.6. The predicted molar refractivity (Wildman–Crippen MR) is 102 cm³/mol. The summed E-state index contributed by atoms with van der Waals surface area (Å²) in [6, 6.07) is 5.39. The van der Waals surface area contributed by atoms with Gasteiger partial charge in [-0.1, -0.05) is 0 Å². The number of likely N-dealkylation sites (N-methyl/N-ethyl adjacent to an activating group) is 1. The molecule has 0 atom stereocenters. The van der Waals surface area contributed by atoms with Crippen LogP contribution in [0, 0.1) is 20.2 Å². The van der Waals surface area contributed by atoms with E-state index in [-0.39, 0.29) is 52.6 Å². The number of ether oxygens (including phenoxy) is 1. The molecule has 29 heavy (non-hydrogen) atoms. The van der Waals surface area contributed by atoms with E-state index in [1.807, 2.05) is 0 Å². The van der Waals surface area contributed by atoms with Gasteiger partial charge in [-0.2, -0.15) is 0 Å². The molecule has 0 saturated heterocycles. The number of anilines is 3. The lowest BCUT2D eigenvalue weighted by molar-refractivity contribution is -0.384. The standard InChI is InChI=1S/C16H16N6O7/c1-20(5-6-23)12-8-11(14-15(19-29-18-14)16(12)22(26)27)17-10-7-9(21(24)25)3-4-13(10)28-2/h3-4,7-8,17,23H,5-6H2,1-2H3. The van der Waals surface area contributed by atoms with E-state index < -0.39 is 9.85 Å². The van der Waals surface area contributed by atoms with E-state index in [0.717, 1.165) is 0 Å². The van der Waals surface area contributed by atoms with Crippen molar-refractivity contribution in [3.8, 4) is 5.75 Å². The van der Waals surface area contributed by atoms with E-state index >= 15 is 0 Å². The van der Waals surface area contributed by atoms with Gasteiger partial charge in [-0.25, -0.2) is 4.63 Å². The van der Waals surface area contributed by atoms with Gasteiger partial charge >= 0.3 is 5.69 Å². The molecule has 0 bridgehead atoms. The van der Waals surface area contributed by atoms with Crippen molar-refractivity contribution in [3.05, 3.63) is 44.5 Å². The van der Waals surface area contributed by atoms with E-state index in [4.69, 9.17) is 9.37 Å². The first-order valence-electron chi connectivity index (χ1n) is 8.22. The van der Waals surface area contributed by atoms with Gasteiger partial charge in [0.1, 0.15) is 11.4 Å². The van der Waals surface area contributed by atoms with Gasteiger partial charge in [-0.15, -0.1) is 0 Å². The molecule has 0 amide bonds. The second-order valence-corrected chi connectivity index (χ2v) is 5.92. The number of rotatable bonds is 8. The van der Waals surface area contributed by atoms with Crippen molar-refractivity contribution in [2.75, 3.05) is 37.5 Å². The van der Waals surface area contributed by atoms with Crippen LogP contribution in [0.5, 0.6) is 5.75 Å². The zero-order chi connectivity index (χ0) is 21.1. The Morgan fingerprint density at radius 1 is 1.17 bits per heavy atom. The molecule has 152 valence electrons. The van der Waals surface area contributed by atoms with Crippen LogP contribution < -0.4 is 15.0 Å². The smallest absolute Gasteiger partial charge is 0.323 e. The number of nitrogens with zero attached hydrogens (tertiary/aromatic N) is 5. The molecule has 0 fully saturated rings. The molecule has 2 N–H and O–H groups in total. The highest BCUT2D eigenvalue weighted by Gasteiger charge is 2.28. The van der Waals surface area contributed by atoms with E-state index in [1.54, 1.807) is 7.05 Å². The number of nitro benzene ring substituents is 2. The Kier molecular flexibility index (Phi) is 5.40. The molecule has 0 saturated carbocycles. The van der Waals surface area contributed by atoms with E-state index in [9.17, 15) is 25.3 Å². The van der Waals surface area contributed by atoms with Gasteiger partial charge in [0.05, 0.1) is 34.9 Å². The van der Waals surface area contributed by atoms with E-state index in [0.29, 0.717) is 5.75 Å². The van der Waals surface area contributed by atoms with Crippen molar-refractivity contribution in [1.29, 1.82) is 0 Å². The minimum atomic E-state index is -0.618. The van der Waals surface area contributed by atoms with Gasteiger partial charge in [0.25, 0.3) is 5.69 Å². The summed E-state index contributed by atoms with van der Waals surface area (Å²) in [7, 11) is 2.96. The second kappa shape index (κ2) is 7.93. The number of methoxy groups -OCH3 is 1. The van der Waals surface area contributed by atoms with Gasteiger partial charge in [0.15, 0.2) is 5.52 Å². The molecule has 0 aliphatic rings. The van der Waals surface area contributed by atoms with Crippen molar-refractivity contribution < 1.29 is 24.3 Å². The number of nitrogens with one attached hydrogen (secondary N) is 1. The average Bonchev–Trinajstić information content (AvgIpc) is 3.17. The number of hydrogen-bond donors (Lipinski definition) is 2. The average molecular weight is 404 g/mol. The van der Waals surface area contributed by atoms with Gasteiger partial charge in [-0.3, -0.25) is 20.2 Å². The van der Waals surface area contributed by atoms with Crippen LogP contribution in [0.1, 0.15) is 0 Å². The van der Waals surface area contributed by atoms with Crippen LogP contribution in [0.2, 0.25) is 0 Å². The minimum absolute atomic E-state index is 0.0615. The molecular weight excluding hydrogens is 388 g/mol. The molecule has 1 aromatic heterocycles. The first-order valence-corrected chi connectivity index (χ1v) is 8.22. The Hall–Kier alpha value is -4.00. The van der Waals surface area contributed by atoms with Crippen molar-refractivity contribution >= 4 is 39.5 Å². The van der Waals surface area contributed by atoms with E-state index in [1.165, 1.54) is 36.3 Å². The molecule has 2 aromatic carbocycles. The van der Waals surface area contributed by atoms with Crippen molar-refractivity contribution in [3.63, 3.8) is 0 Å². The third-order valence-electron chi connectivity index (χ3n) is 4.18. The highest BCUT2D eigenvalue weighted by atomic mass is 16.6. The zero-order valence-electron chi connectivity index (χ0n) is 15.4. The number of aliphatic hydroxyl groups is 1. The normalized spacial score (nSPS) is 10.7. The minimum Gasteiger partial charge on any atom is -0.495 e. The Balaban J connectivity index is 2.19. The lowest BCUT2D eigenvalue weighted by Gasteiger charge is -2.19. The van der Waals surface area contributed by atoms with Crippen LogP contribution in [-0.2, 0) is 0 Å². The summed E-state index contributed by atoms with van der Waals surface area (Å²) >= 11 is 0. The number of fused-ring (bicyclic) bond motifs is 1. The zero-order valence-corrected chi connectivity index (χ0v) is 15.4. The van der Waals surface area contributed by atoms with Crippen molar-refractivity contribution in [2.24, 2.45) is 0 Å². The summed E-state index contributed by atoms with van der Waals surface area (Å²) in [6.45, 7) is -0.110. The van der Waals surface area contributed by atoms with Gasteiger partial charge in [-0.05, 0) is 22.4 Å². The maximum Gasteiger partial charge on any atom is 0.323 e. The first kappa shape index (κ1) is 19.8. The van der Waals surface area contributed by atoms with Crippen LogP contribution in [0.3, 0.4) is 0 Å². The first-order chi connectivity index (χ1) is 13.9. The van der Waals surface area contributed by atoms with Gasteiger partial charge < -0.3 is 20.1 Å². The monoisotopic (exact) mass is 404 g/mol. The quantitative estimate of drug-likeness (QED) is 0.416. The number of non-ortho nitro benzene ring substituents is 1. The molecule has 0 spiro atoms. The molecule has 13 heteroatoms. The van der Waals surface area contributed by atoms with Crippen molar-refractivity contribution in [2.45, 2.75) is 0 Å². The largest absolute Gasteiger partial charge is 0.495 e. The Labute approximate surface area is 162 Å². The molecule has 0 aliphatic carbocycles. The lowest BCUT2D eigenvalue weighted by Crippen LogP contribution is -2.22. The fourth-order valence-electron chi connectivity index (χ4n) is 2.80. The predicted octanol–water partition coefficient (Wildman–Crippen LogP) is 2.22. The summed E-state index contributed by atoms with van der Waals surface area (Å²) in [5, 5.41) is 42.2. The van der Waals surface area contributed by atoms with Gasteiger partial charge in [0, 0.05) is 25.7 Å². The van der Waals surface area contributed by atoms with Crippen LogP contribution in [0.15, 0.2) is 28.9 Å². The third-order valence-corrected chi connectivity index (χ3v) is 4.18. The second-order valence-electron chi connectivity index (χ2n) is 5.92. The lowest BCUT2D eigenvalue weighted by atomic mass is 10.1. The van der Waals surface area contributed by atoms with Gasteiger partial charge in [0.2, 0.25) is 5.52 Å². The Bertz CT molecular complexity index is 1080. The summed E-state index contributed by atoms with van der Waals surface area (Å²) < 4.78 is 9.92. The maximum atomic E-state index is 11.6. The molecule has 13 nitrogen and oxygen atoms in total. The molecule has 0 unspecified atom stereocenters. The highest BCUT2D eigenvalue weighted by molar-refractivity contribution is 6.01. The summed E-state index contributed by atoms with van der Waals surface area (Å²) in [6.07, 6.45) is 0. The number of aliphatic hydroxyl groups excluding tert-OH is 1. The fraction of sp³-hybridized carbons (Fsp3) is 0.250. The molecule has 3 aromatic rings. The number of nitro groups is 2. The summed E-state index contributed by atoms with van der Waals surface area (Å²) in [4.78, 5) is 23.0. The fourth-order valence-corrected chi connectivity index (χ4v) is 2.80. The number of aromatic nitrogens is 2. The topological polar surface area (TPSA) is 170 Å². The molecule has 3 rings (SSSR count). The summed E-state index contributed by atoms with van der Waals surface area (Å²) in [5.74, 6) is 0.309. The van der Waals surface area contributed by atoms with Crippen LogP contribution >= 0.6 is 0 Å². The number of benzene rings is 2. The van der Waals surface area contributed by atoms with Crippen LogP contribution in [0.25, 0.3) is 11.0 Å². The molecule has 1 heterocycles. The van der Waals surface area contributed by atoms with E-state index in [2.05, 4.69) is 15.6 Å². The van der Waals surface area contributed by atoms with Crippen molar-refractivity contribution in [1.82, 2.24) is 10.3 Å². The van der Waals surface area contributed by atoms with Crippen LogP contribution in [0.4, 0.5) is 28.4 Å². The number of hydrogen-bond acceptors (Lipinski definition) is 11. The SMILES string of the molecule is COc1ccc([N+](=O)[O-])cc1Nc1cc(N(C)CCO)c([N+](=O)[O-])c2nonc12. The summed E-state index contributed by atoms with van der Waals surface area (Å²) in [5.41, 5.74) is 0.0897.